The van der Waals surface area contributed by atoms with E-state index >= 15 is 0 Å². The normalized spacial score (nSPS) is 18.4. The van der Waals surface area contributed by atoms with Crippen LogP contribution in [0.4, 0.5) is 5.13 Å². The molecule has 0 aromatic carbocycles. The van der Waals surface area contributed by atoms with Crippen molar-refractivity contribution in [3.05, 3.63) is 33.2 Å². The minimum Gasteiger partial charge on any atom is -0.346 e. The average Bonchev–Trinajstić information content (AvgIpc) is 2.96. The molecule has 4 heterocycles. The van der Waals surface area contributed by atoms with Gasteiger partial charge in [0.1, 0.15) is 5.51 Å². The molecule has 0 radical (unpaired) electrons. The lowest BCUT2D eigenvalue weighted by Gasteiger charge is -2.38. The highest BCUT2D eigenvalue weighted by Gasteiger charge is 2.29. The van der Waals surface area contributed by atoms with E-state index in [0.29, 0.717) is 12.5 Å². The monoisotopic (exact) mass is 321 g/mol. The second-order valence-corrected chi connectivity index (χ2v) is 7.35. The van der Waals surface area contributed by atoms with Gasteiger partial charge in [-0.3, -0.25) is 4.79 Å². The maximum Gasteiger partial charge on any atom is 0.267 e. The molecule has 0 saturated carbocycles. The van der Waals surface area contributed by atoms with Crippen molar-refractivity contribution in [1.29, 1.82) is 0 Å². The summed E-state index contributed by atoms with van der Waals surface area (Å²) in [6.45, 7) is 2.56. The summed E-state index contributed by atoms with van der Waals surface area (Å²) >= 11 is 3.43. The van der Waals surface area contributed by atoms with E-state index < -0.39 is 0 Å². The zero-order valence-corrected chi connectivity index (χ0v) is 13.1. The van der Waals surface area contributed by atoms with Crippen LogP contribution >= 0.6 is 23.1 Å². The standard InChI is InChI=1S/C13H15N5OS2/c19-12-3-10-7-20-2-1-11(10)16-18(12)6-9-4-17(5-9)13-15-14-8-21-13/h3,8-9H,1-2,4-7H2. The van der Waals surface area contributed by atoms with Gasteiger partial charge in [-0.05, 0) is 11.3 Å². The van der Waals surface area contributed by atoms with Gasteiger partial charge in [-0.25, -0.2) is 4.68 Å². The van der Waals surface area contributed by atoms with Gasteiger partial charge < -0.3 is 4.90 Å². The molecule has 2 aliphatic rings. The number of thioether (sulfide) groups is 1. The first kappa shape index (κ1) is 13.3. The Morgan fingerprint density at radius 2 is 2.29 bits per heavy atom. The zero-order valence-electron chi connectivity index (χ0n) is 11.4. The maximum atomic E-state index is 12.1. The molecule has 0 N–H and O–H groups in total. The number of fused-ring (bicyclic) bond motifs is 1. The number of anilines is 1. The summed E-state index contributed by atoms with van der Waals surface area (Å²) in [4.78, 5) is 14.3. The summed E-state index contributed by atoms with van der Waals surface area (Å²) in [6, 6.07) is 1.77. The van der Waals surface area contributed by atoms with Gasteiger partial charge in [-0.2, -0.15) is 16.9 Å². The highest BCUT2D eigenvalue weighted by Crippen LogP contribution is 2.26. The molecule has 1 fully saturated rings. The van der Waals surface area contributed by atoms with Crippen LogP contribution in [0.3, 0.4) is 0 Å². The van der Waals surface area contributed by atoms with Crippen LogP contribution in [-0.2, 0) is 18.7 Å². The topological polar surface area (TPSA) is 63.9 Å². The van der Waals surface area contributed by atoms with Crippen LogP contribution in [0.15, 0.2) is 16.4 Å². The van der Waals surface area contributed by atoms with Gasteiger partial charge >= 0.3 is 0 Å². The number of aromatic nitrogens is 4. The summed E-state index contributed by atoms with van der Waals surface area (Å²) in [5.41, 5.74) is 4.01. The molecule has 6 nitrogen and oxygen atoms in total. The first-order valence-electron chi connectivity index (χ1n) is 6.98. The molecule has 0 amide bonds. The molecule has 0 aliphatic carbocycles. The molecule has 8 heteroatoms. The van der Waals surface area contributed by atoms with Crippen LogP contribution < -0.4 is 10.5 Å². The Hall–Kier alpha value is -1.41. The molecular weight excluding hydrogens is 306 g/mol. The lowest BCUT2D eigenvalue weighted by Crippen LogP contribution is -2.49. The molecule has 2 aromatic rings. The van der Waals surface area contributed by atoms with E-state index in [2.05, 4.69) is 20.2 Å². The lowest BCUT2D eigenvalue weighted by molar-refractivity contribution is 0.332. The molecule has 1 saturated heterocycles. The molecule has 4 rings (SSSR count). The fourth-order valence-corrected chi connectivity index (χ4v) is 4.31. The predicted octanol–water partition coefficient (Wildman–Crippen LogP) is 1.02. The van der Waals surface area contributed by atoms with Crippen LogP contribution in [-0.4, -0.2) is 38.8 Å². The van der Waals surface area contributed by atoms with Gasteiger partial charge in [0.2, 0.25) is 5.13 Å². The second-order valence-electron chi connectivity index (χ2n) is 5.43. The highest BCUT2D eigenvalue weighted by atomic mass is 32.2. The molecule has 0 atom stereocenters. The van der Waals surface area contributed by atoms with Crippen LogP contribution in [0.25, 0.3) is 0 Å². The van der Waals surface area contributed by atoms with Crippen molar-refractivity contribution in [2.75, 3.05) is 23.7 Å². The van der Waals surface area contributed by atoms with Crippen LogP contribution in [0.2, 0.25) is 0 Å². The molecule has 110 valence electrons. The molecule has 0 spiro atoms. The fourth-order valence-electron chi connectivity index (χ4n) is 2.77. The highest BCUT2D eigenvalue weighted by molar-refractivity contribution is 7.98. The minimum absolute atomic E-state index is 0.0330. The van der Waals surface area contributed by atoms with Crippen LogP contribution in [0.1, 0.15) is 11.3 Å². The third kappa shape index (κ3) is 2.57. The Kier molecular flexibility index (Phi) is 3.42. The molecule has 2 aliphatic heterocycles. The Morgan fingerprint density at radius 3 is 3.10 bits per heavy atom. The van der Waals surface area contributed by atoms with Crippen molar-refractivity contribution in [2.45, 2.75) is 18.7 Å². The third-order valence-corrected chi connectivity index (χ3v) is 5.67. The van der Waals surface area contributed by atoms with E-state index in [0.717, 1.165) is 47.4 Å². The van der Waals surface area contributed by atoms with E-state index in [4.69, 9.17) is 0 Å². The summed E-state index contributed by atoms with van der Waals surface area (Å²) < 4.78 is 1.65. The Morgan fingerprint density at radius 1 is 1.38 bits per heavy atom. The van der Waals surface area contributed by atoms with Crippen molar-refractivity contribution >= 4 is 28.2 Å². The summed E-state index contributed by atoms with van der Waals surface area (Å²) in [5, 5.41) is 13.5. The quantitative estimate of drug-likeness (QED) is 0.841. The van der Waals surface area contributed by atoms with Gasteiger partial charge in [0.05, 0.1) is 12.2 Å². The number of nitrogens with zero attached hydrogens (tertiary/aromatic N) is 5. The van der Waals surface area contributed by atoms with Gasteiger partial charge in [-0.15, -0.1) is 10.2 Å². The largest absolute Gasteiger partial charge is 0.346 e. The first-order valence-corrected chi connectivity index (χ1v) is 9.02. The Labute approximate surface area is 130 Å². The molecule has 21 heavy (non-hydrogen) atoms. The molecule has 0 bridgehead atoms. The predicted molar refractivity (Wildman–Crippen MR) is 84.0 cm³/mol. The number of hydrogen-bond donors (Lipinski definition) is 0. The Bertz CT molecular complexity index is 693. The van der Waals surface area contributed by atoms with Crippen LogP contribution in [0.5, 0.6) is 0 Å². The molecular formula is C13H15N5OS2. The van der Waals surface area contributed by atoms with E-state index in [-0.39, 0.29) is 5.56 Å². The Balaban J connectivity index is 1.45. The summed E-state index contributed by atoms with van der Waals surface area (Å²) in [5.74, 6) is 2.49. The van der Waals surface area contributed by atoms with Gasteiger partial charge in [0.15, 0.2) is 0 Å². The van der Waals surface area contributed by atoms with E-state index in [1.54, 1.807) is 27.6 Å². The van der Waals surface area contributed by atoms with Crippen molar-refractivity contribution < 1.29 is 0 Å². The van der Waals surface area contributed by atoms with Crippen molar-refractivity contribution in [3.8, 4) is 0 Å². The van der Waals surface area contributed by atoms with Crippen molar-refractivity contribution in [3.63, 3.8) is 0 Å². The van der Waals surface area contributed by atoms with Gasteiger partial charge in [-0.1, -0.05) is 11.3 Å². The molecule has 2 aromatic heterocycles. The van der Waals surface area contributed by atoms with E-state index in [9.17, 15) is 4.79 Å². The number of hydrogen-bond acceptors (Lipinski definition) is 7. The SMILES string of the molecule is O=c1cc2c(nn1CC1CN(c3nncs3)C1)CCSC2. The van der Waals surface area contributed by atoms with E-state index in [1.807, 2.05) is 11.8 Å². The van der Waals surface area contributed by atoms with E-state index in [1.165, 1.54) is 0 Å². The van der Waals surface area contributed by atoms with Crippen molar-refractivity contribution in [2.24, 2.45) is 5.92 Å². The second kappa shape index (κ2) is 5.42. The third-order valence-electron chi connectivity index (χ3n) is 3.91. The minimum atomic E-state index is 0.0330. The smallest absolute Gasteiger partial charge is 0.267 e. The number of aryl methyl sites for hydroxylation is 1. The number of rotatable bonds is 3. The van der Waals surface area contributed by atoms with Gasteiger partial charge in [0, 0.05) is 37.2 Å². The van der Waals surface area contributed by atoms with Crippen LogP contribution in [0, 0.1) is 5.92 Å². The first-order chi connectivity index (χ1) is 10.3. The lowest BCUT2D eigenvalue weighted by atomic mass is 10.0. The molecule has 0 unspecified atom stereocenters. The average molecular weight is 321 g/mol. The zero-order chi connectivity index (χ0) is 14.2. The fraction of sp³-hybridized carbons (Fsp3) is 0.538. The summed E-state index contributed by atoms with van der Waals surface area (Å²) in [6.07, 6.45) is 0.974. The van der Waals surface area contributed by atoms with Crippen molar-refractivity contribution in [1.82, 2.24) is 20.0 Å². The summed E-state index contributed by atoms with van der Waals surface area (Å²) in [7, 11) is 0. The van der Waals surface area contributed by atoms with Gasteiger partial charge in [0.25, 0.3) is 5.56 Å². The maximum absolute atomic E-state index is 12.1.